The maximum Gasteiger partial charge on any atom is 0.356 e. The third-order valence-corrected chi connectivity index (χ3v) is 18.3. The maximum absolute atomic E-state index is 15.8. The molecular weight excluding hydrogens is 1140 g/mol. The molecule has 0 radical (unpaired) electrons. The molecule has 8 aromatic carbocycles. The highest BCUT2D eigenvalue weighted by molar-refractivity contribution is 7.20. The number of hydrogen-bond acceptors (Lipinski definition) is 11. The number of carbonyl (C=O) groups excluding carboxylic acids is 4. The molecule has 0 spiro atoms. The molecule has 3 fully saturated rings. The average molecular weight is 1200 g/mol. The predicted molar refractivity (Wildman–Crippen MR) is 342 cm³/mol. The summed E-state index contributed by atoms with van der Waals surface area (Å²) in [6.07, 6.45) is 2.93. The number of amides is 3. The molecule has 0 unspecified atom stereocenters. The fourth-order valence-electron chi connectivity index (χ4n) is 12.8. The van der Waals surface area contributed by atoms with Crippen LogP contribution in [-0.4, -0.2) is 81.9 Å². The number of ether oxygens (including phenoxy) is 1. The number of β-lactam (4-membered cyclic amide) rings is 1. The summed E-state index contributed by atoms with van der Waals surface area (Å²) in [4.78, 5) is 76.0. The Morgan fingerprint density at radius 2 is 1.12 bits per heavy atom. The zero-order chi connectivity index (χ0) is 60.0. The Bertz CT molecular complexity index is 3830. The van der Waals surface area contributed by atoms with Crippen molar-refractivity contribution >= 4 is 57.5 Å². The number of allylic oxidation sites excluding steroid dienone is 2. The van der Waals surface area contributed by atoms with Crippen LogP contribution in [0.4, 0.5) is 5.13 Å². The average Bonchev–Trinajstić information content (AvgIpc) is 1.08. The number of nitrogens with one attached hydrogen (secondary N) is 3. The van der Waals surface area contributed by atoms with Crippen molar-refractivity contribution < 1.29 is 28.8 Å². The fraction of sp³-hybridized carbons (Fsp3) is 0.178. The predicted octanol–water partition coefficient (Wildman–Crippen LogP) is 12.5. The Kier molecular flexibility index (Phi) is 16.5. The van der Waals surface area contributed by atoms with Crippen LogP contribution in [0.25, 0.3) is 0 Å². The molecule has 3 N–H and O–H groups in total. The first kappa shape index (κ1) is 57.3. The van der Waals surface area contributed by atoms with Gasteiger partial charge in [-0.1, -0.05) is 271 Å². The molecule has 3 atom stereocenters. The molecule has 0 aliphatic carbocycles. The maximum atomic E-state index is 15.8. The topological polar surface area (TPSA) is 155 Å². The number of carbonyl (C=O) groups is 4. The summed E-state index contributed by atoms with van der Waals surface area (Å²) >= 11 is 8.57. The summed E-state index contributed by atoms with van der Waals surface area (Å²) in [5.41, 5.74) is 4.70. The van der Waals surface area contributed by atoms with Gasteiger partial charge in [0, 0.05) is 41.4 Å². The standard InChI is InChI=1S/C73H62ClN7O6S/c74-66-62(77-71(88-66)78-72(53-29-13-3-14-30-53,54-31-15-4-16-32-54)55-33-17-5-18-34-55)63(79-87-73(56-35-19-6-20-36-56,57-37-21-7-22-38-57)58-39-23-8-24-40-58)67(82)76-61-60-42-41-51(47-52-44-46-80(68(52)83)59-43-45-75-48-59)64(81(60)69(61)84)70(85)86-65(49-25-9-1-10-26-49)50-27-11-2-12-28-50/h1-40,47,59-61,65,75H,41-46,48H2,(H,76,82)(H,77,78)/b52-47+,79-63-/t59-,60-,61+/m1/s1. The van der Waals surface area contributed by atoms with Gasteiger partial charge in [0.2, 0.25) is 11.5 Å². The van der Waals surface area contributed by atoms with Crippen molar-refractivity contribution in [2.45, 2.75) is 61.1 Å². The van der Waals surface area contributed by atoms with Crippen LogP contribution in [0.1, 0.15) is 82.0 Å². The van der Waals surface area contributed by atoms with E-state index in [0.717, 1.165) is 52.1 Å². The van der Waals surface area contributed by atoms with Crippen LogP contribution in [0.15, 0.2) is 271 Å². The van der Waals surface area contributed by atoms with E-state index in [1.165, 1.54) is 4.90 Å². The second-order valence-electron chi connectivity index (χ2n) is 22.2. The Hall–Kier alpha value is -9.73. The number of esters is 1. The zero-order valence-corrected chi connectivity index (χ0v) is 49.5. The monoisotopic (exact) mass is 1200 g/mol. The van der Waals surface area contributed by atoms with Gasteiger partial charge in [-0.25, -0.2) is 9.78 Å². The normalized spacial score (nSPS) is 18.3. The van der Waals surface area contributed by atoms with Crippen LogP contribution in [0.3, 0.4) is 0 Å². The lowest BCUT2D eigenvalue weighted by atomic mass is 9.77. The van der Waals surface area contributed by atoms with Crippen LogP contribution in [0.5, 0.6) is 0 Å². The van der Waals surface area contributed by atoms with Crippen LogP contribution in [0.2, 0.25) is 4.34 Å². The highest BCUT2D eigenvalue weighted by Crippen LogP contribution is 2.45. The van der Waals surface area contributed by atoms with Gasteiger partial charge in [-0.2, -0.15) is 0 Å². The molecule has 15 heteroatoms. The van der Waals surface area contributed by atoms with Crippen molar-refractivity contribution in [2.24, 2.45) is 5.16 Å². The Morgan fingerprint density at radius 3 is 1.60 bits per heavy atom. The van der Waals surface area contributed by atoms with E-state index in [4.69, 9.17) is 31.3 Å². The molecule has 5 heterocycles. The number of rotatable bonds is 19. The number of benzene rings is 8. The lowest BCUT2D eigenvalue weighted by Crippen LogP contribution is -2.72. The molecule has 3 saturated heterocycles. The van der Waals surface area contributed by atoms with Gasteiger partial charge in [0.1, 0.15) is 27.3 Å². The van der Waals surface area contributed by atoms with Crippen LogP contribution < -0.4 is 16.0 Å². The quantitative estimate of drug-likeness (QED) is 0.0179. The molecule has 4 aliphatic heterocycles. The number of fused-ring (bicyclic) bond motifs is 1. The molecule has 4 aliphatic rings. The fourth-order valence-corrected chi connectivity index (χ4v) is 13.9. The zero-order valence-electron chi connectivity index (χ0n) is 48.0. The van der Waals surface area contributed by atoms with Crippen molar-refractivity contribution in [1.29, 1.82) is 0 Å². The van der Waals surface area contributed by atoms with Gasteiger partial charge in [-0.05, 0) is 71.7 Å². The van der Waals surface area contributed by atoms with E-state index in [-0.39, 0.29) is 33.4 Å². The van der Waals surface area contributed by atoms with E-state index >= 15 is 14.4 Å². The summed E-state index contributed by atoms with van der Waals surface area (Å²) in [7, 11) is 0. The number of halogens is 1. The summed E-state index contributed by atoms with van der Waals surface area (Å²) < 4.78 is 6.65. The first-order valence-corrected chi connectivity index (χ1v) is 30.8. The molecule has 0 bridgehead atoms. The van der Waals surface area contributed by atoms with Gasteiger partial charge in [0.25, 0.3) is 11.8 Å². The third-order valence-electron chi connectivity index (χ3n) is 17.1. The van der Waals surface area contributed by atoms with Crippen molar-refractivity contribution in [3.63, 3.8) is 0 Å². The Morgan fingerprint density at radius 1 is 0.648 bits per heavy atom. The van der Waals surface area contributed by atoms with Gasteiger partial charge >= 0.3 is 5.97 Å². The second kappa shape index (κ2) is 25.3. The van der Waals surface area contributed by atoms with E-state index in [1.54, 1.807) is 6.08 Å². The number of anilines is 1. The summed E-state index contributed by atoms with van der Waals surface area (Å²) in [5, 5.41) is 15.5. The van der Waals surface area contributed by atoms with Gasteiger partial charge in [0.15, 0.2) is 16.9 Å². The number of hydrogen-bond donors (Lipinski definition) is 3. The smallest absolute Gasteiger partial charge is 0.356 e. The van der Waals surface area contributed by atoms with E-state index < -0.39 is 47.1 Å². The Labute approximate surface area is 520 Å². The molecule has 3 amide bonds. The third kappa shape index (κ3) is 11.0. The first-order chi connectivity index (χ1) is 43.2. The van der Waals surface area contributed by atoms with Crippen LogP contribution in [0, 0.1) is 0 Å². The molecular formula is C73H62ClN7O6S. The number of oxime groups is 1. The molecule has 0 saturated carbocycles. The molecule has 1 aromatic heterocycles. The number of aromatic nitrogens is 1. The summed E-state index contributed by atoms with van der Waals surface area (Å²) in [5.74, 6) is -2.17. The molecule has 13 rings (SSSR count). The number of likely N-dealkylation sites (tertiary alicyclic amines) is 1. The summed E-state index contributed by atoms with van der Waals surface area (Å²) in [6.45, 7) is 2.10. The van der Waals surface area contributed by atoms with Gasteiger partial charge in [-0.3, -0.25) is 19.3 Å². The minimum atomic E-state index is -1.44. The van der Waals surface area contributed by atoms with E-state index in [0.29, 0.717) is 65.3 Å². The second-order valence-corrected chi connectivity index (χ2v) is 23.8. The van der Waals surface area contributed by atoms with Crippen LogP contribution >= 0.6 is 22.9 Å². The van der Waals surface area contributed by atoms with Crippen molar-refractivity contribution in [2.75, 3.05) is 25.0 Å². The number of nitrogens with zero attached hydrogens (tertiary/aromatic N) is 4. The minimum absolute atomic E-state index is 0.000270. The molecule has 9 aromatic rings. The van der Waals surface area contributed by atoms with Gasteiger partial charge < -0.3 is 30.4 Å². The van der Waals surface area contributed by atoms with Crippen molar-refractivity contribution in [3.8, 4) is 0 Å². The van der Waals surface area contributed by atoms with Crippen molar-refractivity contribution in [1.82, 2.24) is 25.4 Å². The molecule has 438 valence electrons. The highest BCUT2D eigenvalue weighted by atomic mass is 35.5. The highest BCUT2D eigenvalue weighted by Gasteiger charge is 2.55. The van der Waals surface area contributed by atoms with Gasteiger partial charge in [0.05, 0.1) is 6.04 Å². The van der Waals surface area contributed by atoms with Crippen molar-refractivity contribution in [3.05, 3.63) is 320 Å². The van der Waals surface area contributed by atoms with E-state index in [2.05, 4.69) is 52.3 Å². The minimum Gasteiger partial charge on any atom is -0.448 e. The molecule has 88 heavy (non-hydrogen) atoms. The van der Waals surface area contributed by atoms with E-state index in [1.807, 2.05) is 211 Å². The largest absolute Gasteiger partial charge is 0.448 e. The van der Waals surface area contributed by atoms with Gasteiger partial charge in [-0.15, -0.1) is 0 Å². The van der Waals surface area contributed by atoms with E-state index in [9.17, 15) is 4.79 Å². The lowest BCUT2D eigenvalue weighted by molar-refractivity contribution is -0.158. The lowest BCUT2D eigenvalue weighted by Gasteiger charge is -2.50. The number of thiazole rings is 1. The SMILES string of the molecule is O=C(OC(c1ccccc1)c1ccccc1)C1=C(/C=C2\CCN([C@@H]3CCNC3)C2=O)CC[C@@H]2[C@H](NC(=O)/C(=N\OC(c3ccccc3)(c3ccccc3)c3ccccc3)c3nc(NC(c4ccccc4)(c4ccccc4)c4ccccc4)sc3Cl)C(=O)N12. The summed E-state index contributed by atoms with van der Waals surface area (Å²) in [6, 6.07) is 76.2. The van der Waals surface area contributed by atoms with Crippen LogP contribution in [-0.2, 0) is 39.9 Å². The first-order valence-electron chi connectivity index (χ1n) is 29.7. The Balaban J connectivity index is 0.903. The molecule has 13 nitrogen and oxygen atoms in total.